The highest BCUT2D eigenvalue weighted by molar-refractivity contribution is 4.69. The fourth-order valence-corrected chi connectivity index (χ4v) is 1.33. The van der Waals surface area contributed by atoms with Gasteiger partial charge in [-0.1, -0.05) is 53.4 Å². The minimum atomic E-state index is 0.290. The molecule has 0 saturated carbocycles. The standard InChI is InChI=1S/C12H25/c1-11(2)9-7-6-8-10-12(3,4)5/h11H,3,6-10H2,1-2,4-5H3. The smallest absolute Gasteiger partial charge is 0.0354 e. The molecule has 0 saturated heterocycles. The number of hydrogen-bond donors (Lipinski definition) is 0. The first-order valence-electron chi connectivity index (χ1n) is 5.27. The zero-order valence-corrected chi connectivity index (χ0v) is 9.32. The Balaban J connectivity index is 3.12. The van der Waals surface area contributed by atoms with Gasteiger partial charge in [-0.3, -0.25) is 0 Å². The van der Waals surface area contributed by atoms with Gasteiger partial charge in [0, 0.05) is 0 Å². The summed E-state index contributed by atoms with van der Waals surface area (Å²) < 4.78 is 0. The van der Waals surface area contributed by atoms with Crippen molar-refractivity contribution in [1.29, 1.82) is 0 Å². The third-order valence-corrected chi connectivity index (χ3v) is 2.14. The molecule has 0 unspecified atom stereocenters. The fraction of sp³-hybridized carbons (Fsp3) is 0.917. The van der Waals surface area contributed by atoms with Gasteiger partial charge in [0.1, 0.15) is 0 Å². The van der Waals surface area contributed by atoms with Crippen LogP contribution in [-0.2, 0) is 0 Å². The fourth-order valence-electron chi connectivity index (χ4n) is 1.33. The van der Waals surface area contributed by atoms with Crippen molar-refractivity contribution in [2.75, 3.05) is 0 Å². The zero-order valence-electron chi connectivity index (χ0n) is 9.32. The summed E-state index contributed by atoms with van der Waals surface area (Å²) in [5.74, 6) is 0.873. The summed E-state index contributed by atoms with van der Waals surface area (Å²) in [6.07, 6.45) is 6.79. The second kappa shape index (κ2) is 5.61. The summed E-state index contributed by atoms with van der Waals surface area (Å²) in [7, 11) is 0. The Bertz CT molecular complexity index is 95.1. The predicted octanol–water partition coefficient (Wildman–Crippen LogP) is 4.45. The molecule has 0 heteroatoms. The SMILES string of the molecule is [CH2]C(C)(C)CCCCCC(C)C. The molecular formula is C12H25. The van der Waals surface area contributed by atoms with Gasteiger partial charge in [-0.2, -0.15) is 0 Å². The lowest BCUT2D eigenvalue weighted by molar-refractivity contribution is 0.399. The average molecular weight is 169 g/mol. The molecule has 0 aliphatic heterocycles. The van der Waals surface area contributed by atoms with Crippen molar-refractivity contribution in [3.63, 3.8) is 0 Å². The highest BCUT2D eigenvalue weighted by atomic mass is 14.1. The molecule has 73 valence electrons. The lowest BCUT2D eigenvalue weighted by Crippen LogP contribution is -2.04. The molecule has 0 aromatic carbocycles. The highest BCUT2D eigenvalue weighted by Gasteiger charge is 2.08. The molecule has 0 fully saturated rings. The van der Waals surface area contributed by atoms with Gasteiger partial charge in [0.25, 0.3) is 0 Å². The van der Waals surface area contributed by atoms with Crippen LogP contribution in [0.15, 0.2) is 0 Å². The molecule has 0 rings (SSSR count). The van der Waals surface area contributed by atoms with Crippen molar-refractivity contribution < 1.29 is 0 Å². The van der Waals surface area contributed by atoms with Crippen molar-refractivity contribution in [1.82, 2.24) is 0 Å². The molecule has 12 heavy (non-hydrogen) atoms. The molecule has 0 aromatic heterocycles. The third-order valence-electron chi connectivity index (χ3n) is 2.14. The molecule has 0 amide bonds. The van der Waals surface area contributed by atoms with Crippen LogP contribution in [-0.4, -0.2) is 0 Å². The van der Waals surface area contributed by atoms with E-state index >= 15 is 0 Å². The second-order valence-electron chi connectivity index (χ2n) is 5.16. The van der Waals surface area contributed by atoms with Crippen molar-refractivity contribution in [2.24, 2.45) is 11.3 Å². The molecule has 1 radical (unpaired) electrons. The summed E-state index contributed by atoms with van der Waals surface area (Å²) in [6, 6.07) is 0. The Morgan fingerprint density at radius 1 is 1.08 bits per heavy atom. The van der Waals surface area contributed by atoms with E-state index in [-0.39, 0.29) is 5.41 Å². The van der Waals surface area contributed by atoms with Crippen molar-refractivity contribution >= 4 is 0 Å². The summed E-state index contributed by atoms with van der Waals surface area (Å²) in [5.41, 5.74) is 0.290. The normalized spacial score (nSPS) is 12.5. The van der Waals surface area contributed by atoms with E-state index in [4.69, 9.17) is 0 Å². The summed E-state index contributed by atoms with van der Waals surface area (Å²) >= 11 is 0. The maximum absolute atomic E-state index is 4.10. The van der Waals surface area contributed by atoms with Gasteiger partial charge in [0.05, 0.1) is 0 Å². The summed E-state index contributed by atoms with van der Waals surface area (Å²) in [5, 5.41) is 0. The van der Waals surface area contributed by atoms with Crippen LogP contribution in [0.25, 0.3) is 0 Å². The van der Waals surface area contributed by atoms with Gasteiger partial charge in [0.2, 0.25) is 0 Å². The Kier molecular flexibility index (Phi) is 5.61. The molecule has 0 spiro atoms. The lowest BCUT2D eigenvalue weighted by atomic mass is 9.89. The monoisotopic (exact) mass is 169 g/mol. The maximum atomic E-state index is 4.10. The quantitative estimate of drug-likeness (QED) is 0.515. The first-order chi connectivity index (χ1) is 5.42. The van der Waals surface area contributed by atoms with Gasteiger partial charge in [-0.15, -0.1) is 0 Å². The third kappa shape index (κ3) is 10.0. The van der Waals surface area contributed by atoms with Crippen LogP contribution in [0.4, 0.5) is 0 Å². The molecule has 0 atom stereocenters. The lowest BCUT2D eigenvalue weighted by Gasteiger charge is -2.17. The first-order valence-corrected chi connectivity index (χ1v) is 5.27. The largest absolute Gasteiger partial charge is 0.0628 e. The molecule has 0 bridgehead atoms. The molecule has 0 aliphatic carbocycles. The van der Waals surface area contributed by atoms with E-state index in [1.54, 1.807) is 0 Å². The van der Waals surface area contributed by atoms with Gasteiger partial charge in [-0.05, 0) is 24.7 Å². The van der Waals surface area contributed by atoms with E-state index in [0.29, 0.717) is 0 Å². The van der Waals surface area contributed by atoms with Crippen molar-refractivity contribution in [3.8, 4) is 0 Å². The molecule has 0 aromatic rings. The van der Waals surface area contributed by atoms with Crippen LogP contribution in [0.3, 0.4) is 0 Å². The average Bonchev–Trinajstić information content (AvgIpc) is 1.83. The number of rotatable bonds is 6. The van der Waals surface area contributed by atoms with E-state index in [0.717, 1.165) is 5.92 Å². The Morgan fingerprint density at radius 2 is 1.67 bits per heavy atom. The van der Waals surface area contributed by atoms with Crippen LogP contribution in [0.2, 0.25) is 0 Å². The number of unbranched alkanes of at least 4 members (excludes halogenated alkanes) is 2. The van der Waals surface area contributed by atoms with Crippen LogP contribution < -0.4 is 0 Å². The van der Waals surface area contributed by atoms with Crippen molar-refractivity contribution in [3.05, 3.63) is 6.92 Å². The maximum Gasteiger partial charge on any atom is -0.0354 e. The van der Waals surface area contributed by atoms with E-state index in [2.05, 4.69) is 34.6 Å². The Hall–Kier alpha value is 0. The van der Waals surface area contributed by atoms with E-state index in [9.17, 15) is 0 Å². The minimum absolute atomic E-state index is 0.290. The van der Waals surface area contributed by atoms with Crippen LogP contribution in [0.1, 0.15) is 59.8 Å². The summed E-state index contributed by atoms with van der Waals surface area (Å²) in [6.45, 7) is 13.1. The predicted molar refractivity (Wildman–Crippen MR) is 57.1 cm³/mol. The topological polar surface area (TPSA) is 0 Å². The molecular weight excluding hydrogens is 144 g/mol. The van der Waals surface area contributed by atoms with Gasteiger partial charge in [0.15, 0.2) is 0 Å². The second-order valence-corrected chi connectivity index (χ2v) is 5.16. The summed E-state index contributed by atoms with van der Waals surface area (Å²) in [4.78, 5) is 0. The molecule has 0 aliphatic rings. The van der Waals surface area contributed by atoms with E-state index in [1.807, 2.05) is 0 Å². The van der Waals surface area contributed by atoms with Gasteiger partial charge in [-0.25, -0.2) is 0 Å². The highest BCUT2D eigenvalue weighted by Crippen LogP contribution is 2.22. The first kappa shape index (κ1) is 12.0. The van der Waals surface area contributed by atoms with Crippen LogP contribution in [0, 0.1) is 18.3 Å². The van der Waals surface area contributed by atoms with Gasteiger partial charge < -0.3 is 0 Å². The van der Waals surface area contributed by atoms with Gasteiger partial charge >= 0.3 is 0 Å². The Labute approximate surface area is 78.8 Å². The van der Waals surface area contributed by atoms with E-state index in [1.165, 1.54) is 32.1 Å². The Morgan fingerprint density at radius 3 is 2.08 bits per heavy atom. The zero-order chi connectivity index (χ0) is 9.61. The van der Waals surface area contributed by atoms with Crippen LogP contribution in [0.5, 0.6) is 0 Å². The molecule has 0 N–H and O–H groups in total. The van der Waals surface area contributed by atoms with Crippen molar-refractivity contribution in [2.45, 2.75) is 59.8 Å². The molecule has 0 heterocycles. The number of hydrogen-bond acceptors (Lipinski definition) is 0. The van der Waals surface area contributed by atoms with Crippen LogP contribution >= 0.6 is 0 Å². The minimum Gasteiger partial charge on any atom is -0.0628 e. The molecule has 0 nitrogen and oxygen atoms in total. The van der Waals surface area contributed by atoms with E-state index < -0.39 is 0 Å².